The van der Waals surface area contributed by atoms with E-state index < -0.39 is 11.5 Å². The van der Waals surface area contributed by atoms with Crippen LogP contribution in [0, 0.1) is 0 Å². The molecule has 8 nitrogen and oxygen atoms in total. The zero-order valence-electron chi connectivity index (χ0n) is 16.9. The molecular formula is C20H28N2O6S. The quantitative estimate of drug-likeness (QED) is 0.646. The second-order valence-corrected chi connectivity index (χ2v) is 8.60. The van der Waals surface area contributed by atoms with E-state index in [0.717, 1.165) is 49.0 Å². The molecule has 1 amide bonds. The number of methoxy groups -OCH3 is 2. The number of hydrogen-bond acceptors (Lipinski definition) is 8. The molecule has 0 unspecified atom stereocenters. The Labute approximate surface area is 174 Å². The minimum absolute atomic E-state index is 0.00351. The third-order valence-electron chi connectivity index (χ3n) is 5.47. The van der Waals surface area contributed by atoms with E-state index in [9.17, 15) is 14.4 Å². The zero-order chi connectivity index (χ0) is 20.9. The van der Waals surface area contributed by atoms with Crippen LogP contribution in [-0.2, 0) is 36.6 Å². The summed E-state index contributed by atoms with van der Waals surface area (Å²) in [5.74, 6) is -1.04. The molecule has 2 aliphatic rings. The summed E-state index contributed by atoms with van der Waals surface area (Å²) in [4.78, 5) is 37.9. The maximum Gasteiger partial charge on any atom is 0.341 e. The predicted molar refractivity (Wildman–Crippen MR) is 108 cm³/mol. The number of thiophene rings is 1. The number of nitrogens with one attached hydrogen (secondary N) is 2. The van der Waals surface area contributed by atoms with E-state index in [1.807, 2.05) is 0 Å². The van der Waals surface area contributed by atoms with E-state index in [2.05, 4.69) is 10.6 Å². The number of aryl methyl sites for hydroxylation is 1. The minimum atomic E-state index is -0.622. The molecule has 1 aromatic rings. The van der Waals surface area contributed by atoms with E-state index >= 15 is 0 Å². The number of esters is 2. The fraction of sp³-hybridized carbons (Fsp3) is 0.650. The van der Waals surface area contributed by atoms with Crippen molar-refractivity contribution in [3.05, 3.63) is 16.0 Å². The number of fused-ring (bicyclic) bond motifs is 1. The van der Waals surface area contributed by atoms with Crippen LogP contribution in [-0.4, -0.2) is 57.4 Å². The van der Waals surface area contributed by atoms with Gasteiger partial charge in [0.15, 0.2) is 0 Å². The van der Waals surface area contributed by atoms with Gasteiger partial charge >= 0.3 is 11.9 Å². The van der Waals surface area contributed by atoms with Gasteiger partial charge in [-0.15, -0.1) is 11.3 Å². The van der Waals surface area contributed by atoms with Crippen LogP contribution in [0.2, 0.25) is 0 Å². The van der Waals surface area contributed by atoms with Crippen molar-refractivity contribution in [1.82, 2.24) is 5.32 Å². The lowest BCUT2D eigenvalue weighted by Crippen LogP contribution is -2.55. The molecule has 0 radical (unpaired) electrons. The number of hydrogen-bond donors (Lipinski definition) is 2. The number of amides is 1. The third kappa shape index (κ3) is 5.15. The van der Waals surface area contributed by atoms with Gasteiger partial charge in [-0.3, -0.25) is 9.59 Å². The van der Waals surface area contributed by atoms with Gasteiger partial charge in [-0.2, -0.15) is 0 Å². The monoisotopic (exact) mass is 424 g/mol. The van der Waals surface area contributed by atoms with Crippen molar-refractivity contribution in [2.75, 3.05) is 39.3 Å². The molecule has 0 saturated carbocycles. The predicted octanol–water partition coefficient (Wildman–Crippen LogP) is 2.05. The maximum atomic E-state index is 12.7. The molecule has 1 atom stereocenters. The van der Waals surface area contributed by atoms with Crippen LogP contribution in [0.1, 0.15) is 52.9 Å². The van der Waals surface area contributed by atoms with Crippen LogP contribution >= 0.6 is 11.3 Å². The largest absolute Gasteiger partial charge is 0.469 e. The fourth-order valence-electron chi connectivity index (χ4n) is 3.95. The van der Waals surface area contributed by atoms with E-state index in [1.54, 1.807) is 0 Å². The molecule has 29 heavy (non-hydrogen) atoms. The highest BCUT2D eigenvalue weighted by molar-refractivity contribution is 7.17. The highest BCUT2D eigenvalue weighted by Gasteiger charge is 2.36. The summed E-state index contributed by atoms with van der Waals surface area (Å²) < 4.78 is 15.3. The van der Waals surface area contributed by atoms with Gasteiger partial charge in [-0.1, -0.05) is 0 Å². The number of rotatable bonds is 7. The second kappa shape index (κ2) is 9.69. The Morgan fingerprint density at radius 1 is 1.14 bits per heavy atom. The zero-order valence-corrected chi connectivity index (χ0v) is 17.7. The summed E-state index contributed by atoms with van der Waals surface area (Å²) >= 11 is 1.45. The van der Waals surface area contributed by atoms with E-state index in [1.165, 1.54) is 25.6 Å². The minimum Gasteiger partial charge on any atom is -0.469 e. The molecule has 0 spiro atoms. The number of carbonyl (C=O) groups excluding carboxylic acids is 3. The summed E-state index contributed by atoms with van der Waals surface area (Å²) in [7, 11) is 2.70. The number of ether oxygens (including phenoxy) is 3. The van der Waals surface area contributed by atoms with Crippen LogP contribution in [0.5, 0.6) is 0 Å². The van der Waals surface area contributed by atoms with Crippen LogP contribution in [0.4, 0.5) is 5.00 Å². The van der Waals surface area contributed by atoms with Crippen LogP contribution in [0.25, 0.3) is 0 Å². The van der Waals surface area contributed by atoms with Gasteiger partial charge in [0.05, 0.1) is 44.9 Å². The van der Waals surface area contributed by atoms with Crippen molar-refractivity contribution >= 4 is 34.2 Å². The second-order valence-electron chi connectivity index (χ2n) is 7.50. The maximum absolute atomic E-state index is 12.7. The highest BCUT2D eigenvalue weighted by Crippen LogP contribution is 2.38. The average Bonchev–Trinajstić information content (AvgIpc) is 3.10. The smallest absolute Gasteiger partial charge is 0.341 e. The summed E-state index contributed by atoms with van der Waals surface area (Å²) in [5, 5.41) is 6.60. The topological polar surface area (TPSA) is 103 Å². The number of carbonyl (C=O) groups is 3. The lowest BCUT2D eigenvalue weighted by molar-refractivity contribution is -0.144. The lowest BCUT2D eigenvalue weighted by atomic mass is 9.88. The number of anilines is 1. The third-order valence-corrected chi connectivity index (χ3v) is 6.68. The molecule has 1 fully saturated rings. The van der Waals surface area contributed by atoms with Gasteiger partial charge in [0.25, 0.3) is 0 Å². The Morgan fingerprint density at radius 3 is 2.62 bits per heavy atom. The van der Waals surface area contributed by atoms with E-state index in [0.29, 0.717) is 23.8 Å². The first kappa shape index (κ1) is 21.7. The van der Waals surface area contributed by atoms with Crippen LogP contribution in [0.3, 0.4) is 0 Å². The highest BCUT2D eigenvalue weighted by atomic mass is 32.1. The molecule has 1 aromatic heterocycles. The fourth-order valence-corrected chi connectivity index (χ4v) is 5.25. The molecule has 3 rings (SSSR count). The average molecular weight is 425 g/mol. The van der Waals surface area contributed by atoms with Crippen molar-refractivity contribution in [1.29, 1.82) is 0 Å². The Bertz CT molecular complexity index is 769. The SMILES string of the molecule is COC(=O)C[C@@]1(NCC(=O)Nc2sc3c(c2C(=O)OC)CCCC3)CCCOC1. The Kier molecular flexibility index (Phi) is 7.26. The molecule has 9 heteroatoms. The molecular weight excluding hydrogens is 396 g/mol. The van der Waals surface area contributed by atoms with E-state index in [4.69, 9.17) is 14.2 Å². The van der Waals surface area contributed by atoms with Crippen LogP contribution in [0.15, 0.2) is 0 Å². The Balaban J connectivity index is 1.69. The summed E-state index contributed by atoms with van der Waals surface area (Å²) in [6, 6.07) is 0. The molecule has 1 aliphatic carbocycles. The Hall–Kier alpha value is -1.97. The molecule has 2 heterocycles. The van der Waals surface area contributed by atoms with E-state index in [-0.39, 0.29) is 24.8 Å². The van der Waals surface area contributed by atoms with Gasteiger partial charge in [0, 0.05) is 11.5 Å². The van der Waals surface area contributed by atoms with Crippen molar-refractivity contribution < 1.29 is 28.6 Å². The van der Waals surface area contributed by atoms with Gasteiger partial charge in [0.1, 0.15) is 5.00 Å². The molecule has 0 bridgehead atoms. The Morgan fingerprint density at radius 2 is 1.93 bits per heavy atom. The molecule has 160 valence electrons. The molecule has 1 aliphatic heterocycles. The van der Waals surface area contributed by atoms with Gasteiger partial charge < -0.3 is 24.8 Å². The van der Waals surface area contributed by atoms with Crippen molar-refractivity contribution in [2.45, 2.75) is 50.5 Å². The normalized spacial score (nSPS) is 21.2. The molecule has 1 saturated heterocycles. The lowest BCUT2D eigenvalue weighted by Gasteiger charge is -2.37. The molecule has 0 aromatic carbocycles. The molecule has 2 N–H and O–H groups in total. The standard InChI is InChI=1S/C20H28N2O6S/c1-26-16(24)10-20(8-5-9-28-12-20)21-11-15(23)22-18-17(19(25)27-2)13-6-3-4-7-14(13)29-18/h21H,3-12H2,1-2H3,(H,22,23)/t20-/m0/s1. The van der Waals surface area contributed by atoms with Gasteiger partial charge in [-0.05, 0) is 44.1 Å². The van der Waals surface area contributed by atoms with Gasteiger partial charge in [0.2, 0.25) is 5.91 Å². The summed E-state index contributed by atoms with van der Waals surface area (Å²) in [6.45, 7) is 0.986. The summed E-state index contributed by atoms with van der Waals surface area (Å²) in [5.41, 5.74) is 0.854. The van der Waals surface area contributed by atoms with Crippen molar-refractivity contribution in [3.63, 3.8) is 0 Å². The first-order valence-corrected chi connectivity index (χ1v) is 10.7. The first-order chi connectivity index (χ1) is 14.0. The van der Waals surface area contributed by atoms with Crippen LogP contribution < -0.4 is 10.6 Å². The van der Waals surface area contributed by atoms with Gasteiger partial charge in [-0.25, -0.2) is 4.79 Å². The summed E-state index contributed by atoms with van der Waals surface area (Å²) in [6.07, 6.45) is 5.50. The van der Waals surface area contributed by atoms with Crippen molar-refractivity contribution in [2.24, 2.45) is 0 Å². The van der Waals surface area contributed by atoms with Crippen molar-refractivity contribution in [3.8, 4) is 0 Å². The first-order valence-electron chi connectivity index (χ1n) is 9.90.